The van der Waals surface area contributed by atoms with Gasteiger partial charge in [0.1, 0.15) is 6.61 Å². The van der Waals surface area contributed by atoms with Crippen LogP contribution in [0.2, 0.25) is 0 Å². The third-order valence-electron chi connectivity index (χ3n) is 2.58. The van der Waals surface area contributed by atoms with Gasteiger partial charge in [0.25, 0.3) is 0 Å². The SMILES string of the molecule is C=C(C)C(=O)NCCCN(C)C.C=C(C)C(=O)OCCN(C)C. The van der Waals surface area contributed by atoms with Crippen LogP contribution in [0.5, 0.6) is 0 Å². The molecule has 6 heteroatoms. The fourth-order valence-corrected chi connectivity index (χ4v) is 1.19. The quantitative estimate of drug-likeness (QED) is 0.393. The molecule has 0 aromatic rings. The van der Waals surface area contributed by atoms with Crippen molar-refractivity contribution in [3.8, 4) is 0 Å². The van der Waals surface area contributed by atoms with Gasteiger partial charge < -0.3 is 19.9 Å². The standard InChI is InChI=1S/C9H18N2O.C8H15NO2/c1-8(2)9(12)10-6-5-7-11(3)4;1-7(2)8(10)11-6-5-9(3)4/h1,5-7H2,2-4H3,(H,10,12);1,5-6H2,2-4H3. The van der Waals surface area contributed by atoms with Crippen LogP contribution in [0.4, 0.5) is 0 Å². The highest BCUT2D eigenvalue weighted by molar-refractivity contribution is 5.92. The fourth-order valence-electron chi connectivity index (χ4n) is 1.19. The summed E-state index contributed by atoms with van der Waals surface area (Å²) in [5.74, 6) is -0.361. The van der Waals surface area contributed by atoms with Gasteiger partial charge in [-0.2, -0.15) is 0 Å². The van der Waals surface area contributed by atoms with E-state index in [1.54, 1.807) is 13.8 Å². The molecule has 0 aliphatic carbocycles. The molecule has 0 fully saturated rings. The molecule has 0 radical (unpaired) electrons. The predicted molar refractivity (Wildman–Crippen MR) is 95.3 cm³/mol. The molecule has 1 N–H and O–H groups in total. The molecule has 0 heterocycles. The van der Waals surface area contributed by atoms with E-state index >= 15 is 0 Å². The van der Waals surface area contributed by atoms with Crippen LogP contribution in [0, 0.1) is 0 Å². The van der Waals surface area contributed by atoms with E-state index in [1.165, 1.54) is 0 Å². The number of nitrogens with one attached hydrogen (secondary N) is 1. The number of carbonyl (C=O) groups excluding carboxylic acids is 2. The first-order valence-electron chi connectivity index (χ1n) is 7.63. The van der Waals surface area contributed by atoms with Gasteiger partial charge in [-0.3, -0.25) is 4.79 Å². The Morgan fingerprint density at radius 2 is 1.48 bits per heavy atom. The summed E-state index contributed by atoms with van der Waals surface area (Å²) in [5.41, 5.74) is 1.02. The molecule has 0 spiro atoms. The van der Waals surface area contributed by atoms with Crippen LogP contribution in [-0.2, 0) is 14.3 Å². The van der Waals surface area contributed by atoms with E-state index in [0.29, 0.717) is 17.8 Å². The van der Waals surface area contributed by atoms with Gasteiger partial charge in [0.15, 0.2) is 0 Å². The third kappa shape index (κ3) is 18.3. The molecule has 0 atom stereocenters. The average molecular weight is 327 g/mol. The van der Waals surface area contributed by atoms with E-state index in [-0.39, 0.29) is 11.9 Å². The second-order valence-corrected chi connectivity index (χ2v) is 5.91. The van der Waals surface area contributed by atoms with Crippen LogP contribution in [-0.4, -0.2) is 76.1 Å². The number of rotatable bonds is 9. The second kappa shape index (κ2) is 14.0. The number of carbonyl (C=O) groups is 2. The maximum Gasteiger partial charge on any atom is 0.333 e. The smallest absolute Gasteiger partial charge is 0.333 e. The Morgan fingerprint density at radius 3 is 1.87 bits per heavy atom. The van der Waals surface area contributed by atoms with Crippen molar-refractivity contribution in [1.29, 1.82) is 0 Å². The fraction of sp³-hybridized carbons (Fsp3) is 0.647. The van der Waals surface area contributed by atoms with Crippen LogP contribution in [0.15, 0.2) is 24.3 Å². The lowest BCUT2D eigenvalue weighted by Gasteiger charge is -2.09. The number of esters is 1. The van der Waals surface area contributed by atoms with Gasteiger partial charge in [-0.15, -0.1) is 0 Å². The first-order chi connectivity index (χ1) is 10.6. The summed E-state index contributed by atoms with van der Waals surface area (Å²) in [4.78, 5) is 25.8. The number of hydrogen-bond donors (Lipinski definition) is 1. The highest BCUT2D eigenvalue weighted by atomic mass is 16.5. The Labute approximate surface area is 141 Å². The van der Waals surface area contributed by atoms with E-state index in [9.17, 15) is 9.59 Å². The number of amides is 1. The van der Waals surface area contributed by atoms with Crippen molar-refractivity contribution in [3.63, 3.8) is 0 Å². The largest absolute Gasteiger partial charge is 0.461 e. The van der Waals surface area contributed by atoms with Crippen LogP contribution >= 0.6 is 0 Å². The van der Waals surface area contributed by atoms with Crippen molar-refractivity contribution < 1.29 is 14.3 Å². The summed E-state index contributed by atoms with van der Waals surface area (Å²) in [7, 11) is 7.88. The Balaban J connectivity index is 0. The molecule has 0 rings (SSSR count). The summed E-state index contributed by atoms with van der Waals surface area (Å²) in [5, 5.41) is 2.77. The van der Waals surface area contributed by atoms with Gasteiger partial charge in [-0.05, 0) is 55.0 Å². The van der Waals surface area contributed by atoms with Gasteiger partial charge in [-0.1, -0.05) is 13.2 Å². The maximum atomic E-state index is 11.0. The van der Waals surface area contributed by atoms with Crippen molar-refractivity contribution in [2.45, 2.75) is 20.3 Å². The summed E-state index contributed by atoms with van der Waals surface area (Å²) in [6.07, 6.45) is 0.978. The van der Waals surface area contributed by atoms with E-state index in [0.717, 1.165) is 26.1 Å². The van der Waals surface area contributed by atoms with Crippen molar-refractivity contribution in [1.82, 2.24) is 15.1 Å². The Morgan fingerprint density at radius 1 is 0.957 bits per heavy atom. The molecule has 0 aromatic carbocycles. The molecule has 6 nitrogen and oxygen atoms in total. The van der Waals surface area contributed by atoms with Gasteiger partial charge >= 0.3 is 5.97 Å². The lowest BCUT2D eigenvalue weighted by molar-refractivity contribution is -0.139. The average Bonchev–Trinajstić information content (AvgIpc) is 2.43. The molecular weight excluding hydrogens is 294 g/mol. The van der Waals surface area contributed by atoms with E-state index in [2.05, 4.69) is 23.4 Å². The van der Waals surface area contributed by atoms with E-state index in [1.807, 2.05) is 33.1 Å². The Bertz CT molecular complexity index is 391. The van der Waals surface area contributed by atoms with Crippen LogP contribution < -0.4 is 5.32 Å². The number of nitrogens with zero attached hydrogens (tertiary/aromatic N) is 2. The number of hydrogen-bond acceptors (Lipinski definition) is 5. The minimum atomic E-state index is -0.313. The molecule has 0 saturated carbocycles. The first-order valence-corrected chi connectivity index (χ1v) is 7.63. The Kier molecular flexibility index (Phi) is 14.3. The third-order valence-corrected chi connectivity index (χ3v) is 2.58. The van der Waals surface area contributed by atoms with Gasteiger partial charge in [0.05, 0.1) is 0 Å². The maximum absolute atomic E-state index is 11.0. The minimum Gasteiger partial charge on any atom is -0.461 e. The van der Waals surface area contributed by atoms with E-state index < -0.39 is 0 Å². The van der Waals surface area contributed by atoms with Crippen molar-refractivity contribution in [3.05, 3.63) is 24.3 Å². The molecule has 0 aliphatic heterocycles. The molecular formula is C17H33N3O3. The molecule has 23 heavy (non-hydrogen) atoms. The zero-order valence-electron chi connectivity index (χ0n) is 15.6. The van der Waals surface area contributed by atoms with E-state index in [4.69, 9.17) is 4.74 Å². The molecule has 0 saturated heterocycles. The number of ether oxygens (including phenoxy) is 1. The molecule has 0 aromatic heterocycles. The minimum absolute atomic E-state index is 0.0474. The van der Waals surface area contributed by atoms with Crippen LogP contribution in [0.1, 0.15) is 20.3 Å². The van der Waals surface area contributed by atoms with Gasteiger partial charge in [0.2, 0.25) is 5.91 Å². The normalized spacial score (nSPS) is 9.91. The Hall–Kier alpha value is -1.66. The zero-order valence-corrected chi connectivity index (χ0v) is 15.6. The van der Waals surface area contributed by atoms with Crippen molar-refractivity contribution in [2.24, 2.45) is 0 Å². The van der Waals surface area contributed by atoms with Crippen molar-refractivity contribution >= 4 is 11.9 Å². The molecule has 0 unspecified atom stereocenters. The summed E-state index contributed by atoms with van der Waals surface area (Å²) < 4.78 is 4.83. The zero-order chi connectivity index (χ0) is 18.4. The molecule has 0 aliphatic rings. The van der Waals surface area contributed by atoms with Crippen LogP contribution in [0.3, 0.4) is 0 Å². The topological polar surface area (TPSA) is 61.9 Å². The van der Waals surface area contributed by atoms with Gasteiger partial charge in [-0.25, -0.2) is 4.79 Å². The number of likely N-dealkylation sites (N-methyl/N-ethyl adjacent to an activating group) is 1. The van der Waals surface area contributed by atoms with Crippen LogP contribution in [0.25, 0.3) is 0 Å². The summed E-state index contributed by atoms with van der Waals surface area (Å²) in [6, 6.07) is 0. The lowest BCUT2D eigenvalue weighted by Crippen LogP contribution is -2.27. The molecule has 1 amide bonds. The summed E-state index contributed by atoms with van der Waals surface area (Å²) >= 11 is 0. The molecule has 134 valence electrons. The monoisotopic (exact) mass is 327 g/mol. The van der Waals surface area contributed by atoms with Crippen molar-refractivity contribution in [2.75, 3.05) is 54.4 Å². The highest BCUT2D eigenvalue weighted by Gasteiger charge is 2.01. The molecule has 0 bridgehead atoms. The highest BCUT2D eigenvalue weighted by Crippen LogP contribution is 1.91. The summed E-state index contributed by atoms with van der Waals surface area (Å²) in [6.45, 7) is 13.3. The lowest BCUT2D eigenvalue weighted by atomic mass is 10.3. The first kappa shape index (κ1) is 23.6. The predicted octanol–water partition coefficient (Wildman–Crippen LogP) is 1.30. The second-order valence-electron chi connectivity index (χ2n) is 5.91. The van der Waals surface area contributed by atoms with Gasteiger partial charge in [0, 0.05) is 24.2 Å².